The summed E-state index contributed by atoms with van der Waals surface area (Å²) in [4.78, 5) is 4.28. The van der Waals surface area contributed by atoms with Crippen LogP contribution in [0.5, 0.6) is 0 Å². The standard InChI is InChI=1S/C16H20N2/c1-12-10-18-11-13-9-14(5-6-15(12)13)16(17)7-3-2-4-8-16/h5-6,9-11H,2-4,7-8,17H2,1H3. The molecule has 1 saturated carbocycles. The zero-order chi connectivity index (χ0) is 12.6. The zero-order valence-electron chi connectivity index (χ0n) is 10.9. The second kappa shape index (κ2) is 4.36. The lowest BCUT2D eigenvalue weighted by Gasteiger charge is -2.34. The summed E-state index contributed by atoms with van der Waals surface area (Å²) in [5, 5.41) is 2.50. The molecule has 2 aromatic rings. The van der Waals surface area contributed by atoms with Gasteiger partial charge in [-0.1, -0.05) is 31.4 Å². The van der Waals surface area contributed by atoms with Gasteiger partial charge in [-0.15, -0.1) is 0 Å². The lowest BCUT2D eigenvalue weighted by Crippen LogP contribution is -2.38. The van der Waals surface area contributed by atoms with Crippen molar-refractivity contribution in [1.82, 2.24) is 4.98 Å². The number of fused-ring (bicyclic) bond motifs is 1. The molecule has 94 valence electrons. The van der Waals surface area contributed by atoms with Crippen LogP contribution in [-0.2, 0) is 5.54 Å². The van der Waals surface area contributed by atoms with Gasteiger partial charge in [-0.05, 0) is 42.3 Å². The molecule has 0 bridgehead atoms. The average molecular weight is 240 g/mol. The molecule has 2 N–H and O–H groups in total. The van der Waals surface area contributed by atoms with Crippen molar-refractivity contribution in [3.63, 3.8) is 0 Å². The fraction of sp³-hybridized carbons (Fsp3) is 0.438. The van der Waals surface area contributed by atoms with E-state index in [1.165, 1.54) is 41.2 Å². The maximum atomic E-state index is 6.59. The topological polar surface area (TPSA) is 38.9 Å². The maximum absolute atomic E-state index is 6.59. The van der Waals surface area contributed by atoms with Gasteiger partial charge in [0.2, 0.25) is 0 Å². The minimum atomic E-state index is -0.115. The van der Waals surface area contributed by atoms with Gasteiger partial charge in [-0.25, -0.2) is 0 Å². The van der Waals surface area contributed by atoms with E-state index in [0.717, 1.165) is 12.8 Å². The Bertz CT molecular complexity index is 568. The van der Waals surface area contributed by atoms with Gasteiger partial charge in [0, 0.05) is 23.3 Å². The lowest BCUT2D eigenvalue weighted by atomic mass is 9.77. The molecule has 0 unspecified atom stereocenters. The van der Waals surface area contributed by atoms with Crippen LogP contribution in [0.1, 0.15) is 43.2 Å². The molecule has 3 rings (SSSR count). The van der Waals surface area contributed by atoms with Crippen LogP contribution in [0.3, 0.4) is 0 Å². The normalized spacial score (nSPS) is 19.0. The van der Waals surface area contributed by atoms with E-state index >= 15 is 0 Å². The van der Waals surface area contributed by atoms with Crippen LogP contribution in [0, 0.1) is 6.92 Å². The highest BCUT2D eigenvalue weighted by Crippen LogP contribution is 2.36. The summed E-state index contributed by atoms with van der Waals surface area (Å²) >= 11 is 0. The molecular weight excluding hydrogens is 220 g/mol. The number of pyridine rings is 1. The predicted molar refractivity (Wildman–Crippen MR) is 75.4 cm³/mol. The highest BCUT2D eigenvalue weighted by Gasteiger charge is 2.29. The van der Waals surface area contributed by atoms with Gasteiger partial charge in [0.25, 0.3) is 0 Å². The first-order chi connectivity index (χ1) is 8.69. The van der Waals surface area contributed by atoms with Crippen molar-refractivity contribution in [1.29, 1.82) is 0 Å². The van der Waals surface area contributed by atoms with Gasteiger partial charge in [0.05, 0.1) is 0 Å². The van der Waals surface area contributed by atoms with Crippen LogP contribution in [-0.4, -0.2) is 4.98 Å². The Hall–Kier alpha value is -1.41. The molecule has 18 heavy (non-hydrogen) atoms. The molecule has 0 spiro atoms. The van der Waals surface area contributed by atoms with Gasteiger partial charge in [0.15, 0.2) is 0 Å². The third kappa shape index (κ3) is 1.91. The van der Waals surface area contributed by atoms with Crippen molar-refractivity contribution in [2.75, 3.05) is 0 Å². The first-order valence-corrected chi connectivity index (χ1v) is 6.83. The molecule has 1 fully saturated rings. The fourth-order valence-electron chi connectivity index (χ4n) is 3.11. The largest absolute Gasteiger partial charge is 0.321 e. The van der Waals surface area contributed by atoms with Gasteiger partial charge in [-0.3, -0.25) is 4.98 Å². The molecule has 0 amide bonds. The van der Waals surface area contributed by atoms with E-state index < -0.39 is 0 Å². The van der Waals surface area contributed by atoms with Gasteiger partial charge in [-0.2, -0.15) is 0 Å². The molecule has 1 aromatic heterocycles. The van der Waals surface area contributed by atoms with Crippen molar-refractivity contribution in [2.24, 2.45) is 5.73 Å². The van der Waals surface area contributed by atoms with Crippen LogP contribution in [0.15, 0.2) is 30.6 Å². The van der Waals surface area contributed by atoms with E-state index in [-0.39, 0.29) is 5.54 Å². The molecule has 1 aliphatic carbocycles. The highest BCUT2D eigenvalue weighted by atomic mass is 14.7. The summed E-state index contributed by atoms with van der Waals surface area (Å²) in [5.74, 6) is 0. The van der Waals surface area contributed by atoms with Crippen LogP contribution >= 0.6 is 0 Å². The first kappa shape index (κ1) is 11.7. The SMILES string of the molecule is Cc1cncc2cc(C3(N)CCCCC3)ccc12. The molecule has 0 saturated heterocycles. The van der Waals surface area contributed by atoms with Crippen LogP contribution in [0.4, 0.5) is 0 Å². The van der Waals surface area contributed by atoms with E-state index in [2.05, 4.69) is 30.1 Å². The number of rotatable bonds is 1. The molecule has 0 aliphatic heterocycles. The Kier molecular flexibility index (Phi) is 2.83. The number of nitrogens with two attached hydrogens (primary N) is 1. The second-order valence-corrected chi connectivity index (χ2v) is 5.61. The van der Waals surface area contributed by atoms with E-state index in [0.29, 0.717) is 0 Å². The van der Waals surface area contributed by atoms with Crippen molar-refractivity contribution in [3.8, 4) is 0 Å². The van der Waals surface area contributed by atoms with Crippen LogP contribution < -0.4 is 5.73 Å². The van der Waals surface area contributed by atoms with Crippen LogP contribution in [0.25, 0.3) is 10.8 Å². The van der Waals surface area contributed by atoms with Crippen molar-refractivity contribution >= 4 is 10.8 Å². The van der Waals surface area contributed by atoms with E-state index in [4.69, 9.17) is 5.73 Å². The summed E-state index contributed by atoms with van der Waals surface area (Å²) in [7, 11) is 0. The average Bonchev–Trinajstić information content (AvgIpc) is 2.39. The smallest absolute Gasteiger partial charge is 0.0409 e. The number of aromatic nitrogens is 1. The summed E-state index contributed by atoms with van der Waals surface area (Å²) in [6, 6.07) is 6.65. The number of aryl methyl sites for hydroxylation is 1. The van der Waals surface area contributed by atoms with E-state index in [1.807, 2.05) is 12.4 Å². The van der Waals surface area contributed by atoms with Gasteiger partial charge in [0.1, 0.15) is 0 Å². The van der Waals surface area contributed by atoms with E-state index in [9.17, 15) is 0 Å². The summed E-state index contributed by atoms with van der Waals surface area (Å²) in [5.41, 5.74) is 8.98. The quantitative estimate of drug-likeness (QED) is 0.826. The summed E-state index contributed by atoms with van der Waals surface area (Å²) < 4.78 is 0. The van der Waals surface area contributed by atoms with Crippen molar-refractivity contribution in [3.05, 3.63) is 41.7 Å². The summed E-state index contributed by atoms with van der Waals surface area (Å²) in [6.45, 7) is 2.10. The molecule has 2 heteroatoms. The van der Waals surface area contributed by atoms with E-state index in [1.54, 1.807) is 0 Å². The summed E-state index contributed by atoms with van der Waals surface area (Å²) in [6.07, 6.45) is 9.91. The molecule has 2 nitrogen and oxygen atoms in total. The van der Waals surface area contributed by atoms with Crippen molar-refractivity contribution in [2.45, 2.75) is 44.6 Å². The molecule has 1 aliphatic rings. The minimum Gasteiger partial charge on any atom is -0.321 e. The third-order valence-corrected chi connectivity index (χ3v) is 4.28. The predicted octanol–water partition coefficient (Wildman–Crippen LogP) is 3.66. The second-order valence-electron chi connectivity index (χ2n) is 5.61. The number of benzene rings is 1. The van der Waals surface area contributed by atoms with Crippen LogP contribution in [0.2, 0.25) is 0 Å². The molecular formula is C16H20N2. The number of nitrogens with zero attached hydrogens (tertiary/aromatic N) is 1. The first-order valence-electron chi connectivity index (χ1n) is 6.83. The van der Waals surface area contributed by atoms with Gasteiger partial charge < -0.3 is 5.73 Å². The Morgan fingerprint density at radius 1 is 1.11 bits per heavy atom. The minimum absolute atomic E-state index is 0.115. The molecule has 1 heterocycles. The Morgan fingerprint density at radius 2 is 1.89 bits per heavy atom. The third-order valence-electron chi connectivity index (χ3n) is 4.28. The van der Waals surface area contributed by atoms with Gasteiger partial charge >= 0.3 is 0 Å². The number of hydrogen-bond acceptors (Lipinski definition) is 2. The maximum Gasteiger partial charge on any atom is 0.0409 e. The highest BCUT2D eigenvalue weighted by molar-refractivity contribution is 5.85. The molecule has 1 aromatic carbocycles. The Balaban J connectivity index is 2.08. The molecule has 0 atom stereocenters. The zero-order valence-corrected chi connectivity index (χ0v) is 10.9. The Labute approximate surface area is 108 Å². The fourth-order valence-corrected chi connectivity index (χ4v) is 3.11. The molecule has 0 radical (unpaired) electrons. The number of hydrogen-bond donors (Lipinski definition) is 1. The lowest BCUT2D eigenvalue weighted by molar-refractivity contribution is 0.302. The Morgan fingerprint density at radius 3 is 2.67 bits per heavy atom. The van der Waals surface area contributed by atoms with Crippen molar-refractivity contribution < 1.29 is 0 Å². The monoisotopic (exact) mass is 240 g/mol.